The van der Waals surface area contributed by atoms with Crippen molar-refractivity contribution in [2.24, 2.45) is 0 Å². The lowest BCUT2D eigenvalue weighted by Gasteiger charge is -2.21. The summed E-state index contributed by atoms with van der Waals surface area (Å²) in [4.78, 5) is 40.7. The second-order valence-corrected chi connectivity index (χ2v) is 5.96. The summed E-state index contributed by atoms with van der Waals surface area (Å²) in [6, 6.07) is 7.10. The number of likely N-dealkylation sites (tertiary alicyclic amines) is 1. The van der Waals surface area contributed by atoms with Gasteiger partial charge in [0.2, 0.25) is 0 Å². The van der Waals surface area contributed by atoms with Crippen LogP contribution in [0.15, 0.2) is 24.3 Å². The molecule has 0 bridgehead atoms. The van der Waals surface area contributed by atoms with Gasteiger partial charge in [-0.1, -0.05) is 6.07 Å². The van der Waals surface area contributed by atoms with Crippen molar-refractivity contribution in [3.05, 3.63) is 29.8 Å². The van der Waals surface area contributed by atoms with Crippen LogP contribution in [0, 0.1) is 0 Å². The van der Waals surface area contributed by atoms with Gasteiger partial charge in [-0.3, -0.25) is 9.59 Å². The lowest BCUT2D eigenvalue weighted by Crippen LogP contribution is -2.42. The number of benzene rings is 1. The van der Waals surface area contributed by atoms with Gasteiger partial charge in [-0.2, -0.15) is 0 Å². The van der Waals surface area contributed by atoms with Crippen LogP contribution in [0.1, 0.15) is 16.8 Å². The summed E-state index contributed by atoms with van der Waals surface area (Å²) in [6.07, 6.45) is -0.0242. The van der Waals surface area contributed by atoms with Crippen molar-refractivity contribution in [3.63, 3.8) is 0 Å². The molecule has 2 saturated heterocycles. The summed E-state index contributed by atoms with van der Waals surface area (Å²) in [7, 11) is 3.83. The number of imide groups is 1. The topological polar surface area (TPSA) is 70.2 Å². The Kier molecular flexibility index (Phi) is 3.94. The molecule has 0 aromatic heterocycles. The van der Waals surface area contributed by atoms with E-state index >= 15 is 0 Å². The van der Waals surface area contributed by atoms with Crippen LogP contribution in [0.4, 0.5) is 10.5 Å². The Morgan fingerprint density at radius 1 is 1.30 bits per heavy atom. The molecule has 0 N–H and O–H groups in total. The van der Waals surface area contributed by atoms with Gasteiger partial charge in [0, 0.05) is 38.4 Å². The highest BCUT2D eigenvalue weighted by Gasteiger charge is 2.41. The predicted molar refractivity (Wildman–Crippen MR) is 83.3 cm³/mol. The van der Waals surface area contributed by atoms with Crippen molar-refractivity contribution in [1.29, 1.82) is 0 Å². The molecule has 1 aromatic rings. The highest BCUT2D eigenvalue weighted by molar-refractivity contribution is 5.99. The smallest absolute Gasteiger partial charge is 0.417 e. The maximum atomic E-state index is 12.6. The van der Waals surface area contributed by atoms with Crippen LogP contribution >= 0.6 is 0 Å². The number of ether oxygens (including phenoxy) is 1. The zero-order valence-corrected chi connectivity index (χ0v) is 13.2. The first-order valence-electron chi connectivity index (χ1n) is 7.53. The minimum absolute atomic E-state index is 0.0868. The molecule has 2 aliphatic rings. The minimum atomic E-state index is -0.607. The molecule has 1 aromatic carbocycles. The van der Waals surface area contributed by atoms with Gasteiger partial charge in [-0.05, 0) is 24.6 Å². The van der Waals surface area contributed by atoms with E-state index in [0.29, 0.717) is 25.1 Å². The number of carbonyl (C=O) groups excluding carboxylic acids is 3. The van der Waals surface area contributed by atoms with Gasteiger partial charge in [0.05, 0.1) is 6.04 Å². The molecule has 0 saturated carbocycles. The van der Waals surface area contributed by atoms with Gasteiger partial charge < -0.3 is 14.5 Å². The Labute approximate surface area is 134 Å². The van der Waals surface area contributed by atoms with E-state index in [1.165, 1.54) is 0 Å². The molecule has 3 rings (SSSR count). The number of cyclic esters (lactones) is 1. The lowest BCUT2D eigenvalue weighted by atomic mass is 10.1. The second kappa shape index (κ2) is 5.91. The quantitative estimate of drug-likeness (QED) is 0.830. The van der Waals surface area contributed by atoms with Crippen molar-refractivity contribution in [2.75, 3.05) is 38.7 Å². The molecule has 2 aliphatic heterocycles. The molecule has 7 heteroatoms. The fourth-order valence-corrected chi connectivity index (χ4v) is 2.95. The Morgan fingerprint density at radius 2 is 2.09 bits per heavy atom. The summed E-state index contributed by atoms with van der Waals surface area (Å²) in [5.74, 6) is -0.417. The molecule has 7 nitrogen and oxygen atoms in total. The lowest BCUT2D eigenvalue weighted by molar-refractivity contribution is -0.127. The Hall–Kier alpha value is -2.57. The van der Waals surface area contributed by atoms with Crippen molar-refractivity contribution in [3.8, 4) is 0 Å². The van der Waals surface area contributed by atoms with Crippen LogP contribution in [0.3, 0.4) is 0 Å². The van der Waals surface area contributed by atoms with Crippen molar-refractivity contribution in [2.45, 2.75) is 12.5 Å². The Balaban J connectivity index is 1.71. The summed E-state index contributed by atoms with van der Waals surface area (Å²) in [6.45, 7) is 0.673. The Bertz CT molecular complexity index is 642. The normalized spacial score (nSPS) is 20.9. The third kappa shape index (κ3) is 2.86. The van der Waals surface area contributed by atoms with E-state index in [-0.39, 0.29) is 24.5 Å². The molecule has 23 heavy (non-hydrogen) atoms. The molecule has 0 unspecified atom stereocenters. The number of hydrogen-bond acceptors (Lipinski definition) is 5. The Morgan fingerprint density at radius 3 is 2.74 bits per heavy atom. The van der Waals surface area contributed by atoms with Crippen molar-refractivity contribution >= 4 is 23.6 Å². The van der Waals surface area contributed by atoms with E-state index < -0.39 is 6.09 Å². The number of carbonyl (C=O) groups is 3. The fraction of sp³-hybridized carbons (Fsp3) is 0.438. The first-order chi connectivity index (χ1) is 11.0. The predicted octanol–water partition coefficient (Wildman–Crippen LogP) is 0.946. The van der Waals surface area contributed by atoms with Gasteiger partial charge in [0.25, 0.3) is 11.8 Å². The van der Waals surface area contributed by atoms with E-state index in [1.54, 1.807) is 11.0 Å². The van der Waals surface area contributed by atoms with Crippen LogP contribution < -0.4 is 4.90 Å². The number of rotatable bonds is 3. The number of hydrogen-bond donors (Lipinski definition) is 0. The standard InChI is InChI=1S/C16H19N3O4/c1-17(2)12-5-3-4-11(8-12)15(21)18-7-6-13(9-18)19-14(20)10-23-16(19)22/h3-5,8,13H,6-7,9-10H2,1-2H3/t13-/m0/s1. The molecule has 1 atom stereocenters. The summed E-state index contributed by atoms with van der Waals surface area (Å²) in [5, 5.41) is 0. The molecular weight excluding hydrogens is 298 g/mol. The zero-order chi connectivity index (χ0) is 16.6. The molecule has 0 spiro atoms. The van der Waals surface area contributed by atoms with Crippen LogP contribution in [0.25, 0.3) is 0 Å². The zero-order valence-electron chi connectivity index (χ0n) is 13.2. The average Bonchev–Trinajstić information content (AvgIpc) is 3.13. The molecule has 2 fully saturated rings. The highest BCUT2D eigenvalue weighted by Crippen LogP contribution is 2.22. The summed E-state index contributed by atoms with van der Waals surface area (Å²) >= 11 is 0. The summed E-state index contributed by atoms with van der Waals surface area (Å²) < 4.78 is 4.74. The van der Waals surface area contributed by atoms with Crippen molar-refractivity contribution < 1.29 is 19.1 Å². The highest BCUT2D eigenvalue weighted by atomic mass is 16.6. The fourth-order valence-electron chi connectivity index (χ4n) is 2.95. The molecular formula is C16H19N3O4. The molecule has 122 valence electrons. The van der Waals surface area contributed by atoms with Crippen LogP contribution in [0.2, 0.25) is 0 Å². The molecule has 2 heterocycles. The monoisotopic (exact) mass is 317 g/mol. The SMILES string of the molecule is CN(C)c1cccc(C(=O)N2CC[C@H](N3C(=O)COC3=O)C2)c1. The number of anilines is 1. The second-order valence-electron chi connectivity index (χ2n) is 5.96. The van der Waals surface area contributed by atoms with Crippen LogP contribution in [0.5, 0.6) is 0 Å². The number of amides is 3. The first-order valence-corrected chi connectivity index (χ1v) is 7.53. The minimum Gasteiger partial charge on any atom is -0.439 e. The molecule has 0 radical (unpaired) electrons. The largest absolute Gasteiger partial charge is 0.439 e. The molecule has 3 amide bonds. The average molecular weight is 317 g/mol. The van der Waals surface area contributed by atoms with Gasteiger partial charge in [-0.25, -0.2) is 9.69 Å². The van der Waals surface area contributed by atoms with E-state index in [2.05, 4.69) is 0 Å². The van der Waals surface area contributed by atoms with E-state index in [0.717, 1.165) is 10.6 Å². The first kappa shape index (κ1) is 15.3. The molecule has 0 aliphatic carbocycles. The summed E-state index contributed by atoms with van der Waals surface area (Å²) in [5.41, 5.74) is 1.55. The third-order valence-electron chi connectivity index (χ3n) is 4.21. The van der Waals surface area contributed by atoms with E-state index in [9.17, 15) is 14.4 Å². The van der Waals surface area contributed by atoms with Crippen molar-refractivity contribution in [1.82, 2.24) is 9.80 Å². The van der Waals surface area contributed by atoms with Gasteiger partial charge in [0.15, 0.2) is 6.61 Å². The van der Waals surface area contributed by atoms with E-state index in [4.69, 9.17) is 4.74 Å². The van der Waals surface area contributed by atoms with Gasteiger partial charge in [0.1, 0.15) is 0 Å². The third-order valence-corrected chi connectivity index (χ3v) is 4.21. The maximum absolute atomic E-state index is 12.6. The van der Waals surface area contributed by atoms with E-state index in [1.807, 2.05) is 37.2 Å². The number of nitrogens with zero attached hydrogens (tertiary/aromatic N) is 3. The van der Waals surface area contributed by atoms with Gasteiger partial charge in [-0.15, -0.1) is 0 Å². The maximum Gasteiger partial charge on any atom is 0.417 e. The van der Waals surface area contributed by atoms with Crippen LogP contribution in [-0.2, 0) is 9.53 Å². The van der Waals surface area contributed by atoms with Gasteiger partial charge >= 0.3 is 6.09 Å². The van der Waals surface area contributed by atoms with Crippen LogP contribution in [-0.4, -0.2) is 67.5 Å².